The molecular weight excluding hydrogens is 462 g/mol. The van der Waals surface area contributed by atoms with Crippen LogP contribution in [0.3, 0.4) is 0 Å². The second kappa shape index (κ2) is 14.0. The number of carbonyl (C=O) groups is 3. The Balaban J connectivity index is 3.58. The number of nitrogens with one attached hydrogen (secondary N) is 2. The van der Waals surface area contributed by atoms with Crippen LogP contribution in [0.2, 0.25) is 0 Å². The highest BCUT2D eigenvalue weighted by atomic mass is 32.2. The lowest BCUT2D eigenvalue weighted by atomic mass is 9.95. The summed E-state index contributed by atoms with van der Waals surface area (Å²) in [4.78, 5) is 41.8. The standard InChI is InChI=1S/C27H41N3O4S/c1-10-19(5)30(25(32)22(16-17-35-9)29-26(33)34-27(6,7)8)23(24(31)28-18(3)4)21-15-13-12-14-20(21)11-2/h2,12-15,18-19,22-23H,10,16-17H2,1,3-9H3,(H,28,31)(H,29,33). The summed E-state index contributed by atoms with van der Waals surface area (Å²) in [7, 11) is 0. The zero-order valence-electron chi connectivity index (χ0n) is 22.3. The van der Waals surface area contributed by atoms with Crippen molar-refractivity contribution in [1.29, 1.82) is 0 Å². The van der Waals surface area contributed by atoms with Gasteiger partial charge in [0.05, 0.1) is 0 Å². The third-order valence-electron chi connectivity index (χ3n) is 5.29. The first-order chi connectivity index (χ1) is 16.4. The van der Waals surface area contributed by atoms with Gasteiger partial charge < -0.3 is 20.3 Å². The molecule has 8 heteroatoms. The predicted octanol–water partition coefficient (Wildman–Crippen LogP) is 4.51. The number of amides is 3. The Kier molecular flexibility index (Phi) is 12.2. The molecular formula is C27H41N3O4S. The van der Waals surface area contributed by atoms with Crippen LogP contribution in [0, 0.1) is 12.3 Å². The van der Waals surface area contributed by atoms with E-state index >= 15 is 0 Å². The Morgan fingerprint density at radius 1 is 1.14 bits per heavy atom. The summed E-state index contributed by atoms with van der Waals surface area (Å²) >= 11 is 1.57. The number of benzene rings is 1. The topological polar surface area (TPSA) is 87.7 Å². The molecule has 0 saturated heterocycles. The third-order valence-corrected chi connectivity index (χ3v) is 5.93. The maximum absolute atomic E-state index is 14.1. The van der Waals surface area contributed by atoms with Crippen molar-refractivity contribution in [3.63, 3.8) is 0 Å². The fourth-order valence-electron chi connectivity index (χ4n) is 3.57. The molecule has 0 spiro atoms. The van der Waals surface area contributed by atoms with Gasteiger partial charge in [0.1, 0.15) is 17.7 Å². The zero-order chi connectivity index (χ0) is 26.8. The Bertz CT molecular complexity index is 904. The molecule has 0 aliphatic carbocycles. The monoisotopic (exact) mass is 503 g/mol. The van der Waals surface area contributed by atoms with E-state index in [0.717, 1.165) is 0 Å². The van der Waals surface area contributed by atoms with Crippen molar-refractivity contribution in [2.24, 2.45) is 0 Å². The van der Waals surface area contributed by atoms with Crippen molar-refractivity contribution in [3.05, 3.63) is 35.4 Å². The van der Waals surface area contributed by atoms with Crippen LogP contribution in [-0.2, 0) is 14.3 Å². The van der Waals surface area contributed by atoms with Gasteiger partial charge in [-0.15, -0.1) is 6.42 Å². The summed E-state index contributed by atoms with van der Waals surface area (Å²) in [5, 5.41) is 5.69. The molecule has 0 aliphatic heterocycles. The summed E-state index contributed by atoms with van der Waals surface area (Å²) in [6.07, 6.45) is 8.02. The highest BCUT2D eigenvalue weighted by Crippen LogP contribution is 2.29. The van der Waals surface area contributed by atoms with Crippen molar-refractivity contribution >= 4 is 29.7 Å². The highest BCUT2D eigenvalue weighted by molar-refractivity contribution is 7.98. The predicted molar refractivity (Wildman–Crippen MR) is 143 cm³/mol. The number of hydrogen-bond acceptors (Lipinski definition) is 5. The van der Waals surface area contributed by atoms with Crippen LogP contribution in [0.1, 0.15) is 78.5 Å². The van der Waals surface area contributed by atoms with Gasteiger partial charge >= 0.3 is 6.09 Å². The van der Waals surface area contributed by atoms with E-state index in [2.05, 4.69) is 16.6 Å². The molecule has 1 rings (SSSR count). The van der Waals surface area contributed by atoms with E-state index in [0.29, 0.717) is 29.7 Å². The van der Waals surface area contributed by atoms with E-state index < -0.39 is 23.8 Å². The summed E-state index contributed by atoms with van der Waals surface area (Å²) in [5.74, 6) is 2.61. The number of carbonyl (C=O) groups excluding carboxylic acids is 3. The fraction of sp³-hybridized carbons (Fsp3) is 0.593. The first-order valence-corrected chi connectivity index (χ1v) is 13.4. The van der Waals surface area contributed by atoms with Crippen LogP contribution in [0.25, 0.3) is 0 Å². The molecule has 0 bridgehead atoms. The molecule has 0 saturated carbocycles. The average Bonchev–Trinajstić information content (AvgIpc) is 2.77. The number of nitrogens with zero attached hydrogens (tertiary/aromatic N) is 1. The number of terminal acetylenes is 1. The average molecular weight is 504 g/mol. The second-order valence-corrected chi connectivity index (χ2v) is 10.8. The summed E-state index contributed by atoms with van der Waals surface area (Å²) in [6.45, 7) is 12.9. The van der Waals surface area contributed by atoms with Crippen LogP contribution < -0.4 is 10.6 Å². The lowest BCUT2D eigenvalue weighted by molar-refractivity contribution is -0.145. The third kappa shape index (κ3) is 9.48. The molecule has 1 aromatic carbocycles. The van der Waals surface area contributed by atoms with Crippen molar-refractivity contribution in [2.45, 2.75) is 91.1 Å². The minimum Gasteiger partial charge on any atom is -0.444 e. The lowest BCUT2D eigenvalue weighted by Crippen LogP contribution is -2.56. The molecule has 7 nitrogen and oxygen atoms in total. The Morgan fingerprint density at radius 3 is 2.29 bits per heavy atom. The van der Waals surface area contributed by atoms with Gasteiger partial charge in [-0.2, -0.15) is 11.8 Å². The molecule has 0 radical (unpaired) electrons. The van der Waals surface area contributed by atoms with Crippen molar-refractivity contribution in [1.82, 2.24) is 15.5 Å². The summed E-state index contributed by atoms with van der Waals surface area (Å²) in [5.41, 5.74) is 0.403. The minimum atomic E-state index is -0.954. The van der Waals surface area contributed by atoms with Gasteiger partial charge in [-0.3, -0.25) is 9.59 Å². The van der Waals surface area contributed by atoms with E-state index in [1.807, 2.05) is 34.0 Å². The quantitative estimate of drug-likeness (QED) is 0.434. The van der Waals surface area contributed by atoms with Crippen LogP contribution in [0.5, 0.6) is 0 Å². The van der Waals surface area contributed by atoms with E-state index in [1.165, 1.54) is 0 Å². The van der Waals surface area contributed by atoms with E-state index in [-0.39, 0.29) is 23.9 Å². The number of hydrogen-bond donors (Lipinski definition) is 2. The summed E-state index contributed by atoms with van der Waals surface area (Å²) in [6, 6.07) is 4.89. The maximum atomic E-state index is 14.1. The zero-order valence-corrected chi connectivity index (χ0v) is 23.1. The first kappa shape index (κ1) is 30.4. The van der Waals surface area contributed by atoms with E-state index in [1.54, 1.807) is 61.7 Å². The van der Waals surface area contributed by atoms with Crippen LogP contribution in [0.4, 0.5) is 4.79 Å². The van der Waals surface area contributed by atoms with Gasteiger partial charge in [0.15, 0.2) is 0 Å². The molecule has 0 aromatic heterocycles. The van der Waals surface area contributed by atoms with Gasteiger partial charge in [-0.25, -0.2) is 4.79 Å². The molecule has 35 heavy (non-hydrogen) atoms. The van der Waals surface area contributed by atoms with Gasteiger partial charge in [0.2, 0.25) is 11.8 Å². The van der Waals surface area contributed by atoms with Crippen molar-refractivity contribution in [2.75, 3.05) is 12.0 Å². The largest absolute Gasteiger partial charge is 0.444 e. The van der Waals surface area contributed by atoms with Crippen LogP contribution >= 0.6 is 11.8 Å². The van der Waals surface area contributed by atoms with Crippen molar-refractivity contribution < 1.29 is 19.1 Å². The van der Waals surface area contributed by atoms with Crippen LogP contribution in [0.15, 0.2) is 24.3 Å². The number of alkyl carbamates (subject to hydrolysis) is 1. The van der Waals surface area contributed by atoms with Gasteiger partial charge in [0, 0.05) is 17.6 Å². The molecule has 0 fully saturated rings. The Labute approximate surface area is 215 Å². The normalized spacial score (nSPS) is 13.8. The SMILES string of the molecule is C#Cc1ccccc1C(C(=O)NC(C)C)N(C(=O)C(CCSC)NC(=O)OC(C)(C)C)C(C)CC. The van der Waals surface area contributed by atoms with Gasteiger partial charge in [0.25, 0.3) is 0 Å². The van der Waals surface area contributed by atoms with Gasteiger partial charge in [-0.05, 0) is 78.0 Å². The number of rotatable bonds is 11. The van der Waals surface area contributed by atoms with E-state index in [4.69, 9.17) is 11.2 Å². The molecule has 0 heterocycles. The van der Waals surface area contributed by atoms with Crippen LogP contribution in [-0.4, -0.2) is 58.5 Å². The molecule has 194 valence electrons. The fourth-order valence-corrected chi connectivity index (χ4v) is 4.04. The Hall–Kier alpha value is -2.66. The number of thioether (sulfide) groups is 1. The lowest BCUT2D eigenvalue weighted by Gasteiger charge is -2.38. The molecule has 3 atom stereocenters. The first-order valence-electron chi connectivity index (χ1n) is 12.0. The number of ether oxygens (including phenoxy) is 1. The summed E-state index contributed by atoms with van der Waals surface area (Å²) < 4.78 is 5.41. The Morgan fingerprint density at radius 2 is 1.77 bits per heavy atom. The highest BCUT2D eigenvalue weighted by Gasteiger charge is 2.39. The molecule has 3 unspecified atom stereocenters. The second-order valence-electron chi connectivity index (χ2n) is 9.78. The molecule has 0 aliphatic rings. The van der Waals surface area contributed by atoms with Gasteiger partial charge in [-0.1, -0.05) is 31.0 Å². The van der Waals surface area contributed by atoms with E-state index in [9.17, 15) is 14.4 Å². The molecule has 3 amide bonds. The van der Waals surface area contributed by atoms with Crippen molar-refractivity contribution in [3.8, 4) is 12.3 Å². The molecule has 1 aromatic rings. The smallest absolute Gasteiger partial charge is 0.408 e. The maximum Gasteiger partial charge on any atom is 0.408 e. The minimum absolute atomic E-state index is 0.135. The molecule has 2 N–H and O–H groups in total.